The fourth-order valence-corrected chi connectivity index (χ4v) is 5.26. The Morgan fingerprint density at radius 1 is 0.934 bits per heavy atom. The van der Waals surface area contributed by atoms with Crippen LogP contribution in [-0.2, 0) is 43.1 Å². The summed E-state index contributed by atoms with van der Waals surface area (Å²) in [5, 5.41) is 12.9. The molecule has 0 saturated heterocycles. The lowest BCUT2D eigenvalue weighted by atomic mass is 10.2. The number of hydrogen-bond donors (Lipinski definition) is 3. The summed E-state index contributed by atoms with van der Waals surface area (Å²) < 4.78 is 102. The van der Waals surface area contributed by atoms with Crippen molar-refractivity contribution in [3.8, 4) is 17.2 Å². The molecule has 3 amide bonds. The largest absolute Gasteiger partial charge is 0.451 e. The van der Waals surface area contributed by atoms with Gasteiger partial charge >= 0.3 is 30.1 Å². The van der Waals surface area contributed by atoms with Crippen LogP contribution in [0.25, 0.3) is 17.2 Å². The van der Waals surface area contributed by atoms with Gasteiger partial charge in [-0.25, -0.2) is 24.2 Å². The minimum Gasteiger partial charge on any atom is -0.451 e. The maximum absolute atomic E-state index is 14.5. The van der Waals surface area contributed by atoms with Crippen molar-refractivity contribution in [2.75, 3.05) is 13.2 Å². The minimum atomic E-state index is -5.28. The number of primary amides is 1. The topological polar surface area (TPSA) is 229 Å². The van der Waals surface area contributed by atoms with E-state index in [2.05, 4.69) is 30.8 Å². The number of nitrogens with zero attached hydrogens (tertiary/aromatic N) is 7. The number of nitrogens with two attached hydrogens (primary N) is 1. The van der Waals surface area contributed by atoms with E-state index >= 15 is 0 Å². The Balaban J connectivity index is 1.59. The van der Waals surface area contributed by atoms with Crippen LogP contribution in [-0.4, -0.2) is 101 Å². The van der Waals surface area contributed by atoms with E-state index in [4.69, 9.17) is 31.5 Å². The summed E-state index contributed by atoms with van der Waals surface area (Å²) in [5.41, 5.74) is 1.18. The lowest BCUT2D eigenvalue weighted by molar-refractivity contribution is -0.224. The first kappa shape index (κ1) is 47.6. The summed E-state index contributed by atoms with van der Waals surface area (Å²) in [6.45, 7) is 6.80. The Kier molecular flexibility index (Phi) is 14.6. The monoisotopic (exact) mass is 890 g/mol. The molecule has 332 valence electrons. The first-order valence-corrected chi connectivity index (χ1v) is 18.4. The number of pyridine rings is 1. The van der Waals surface area contributed by atoms with Gasteiger partial charge in [0.05, 0.1) is 25.2 Å². The van der Waals surface area contributed by atoms with E-state index in [0.29, 0.717) is 20.0 Å². The quantitative estimate of drug-likeness (QED) is 0.113. The van der Waals surface area contributed by atoms with Gasteiger partial charge in [-0.2, -0.15) is 31.0 Å². The smallest absolute Gasteiger partial charge is 0.427 e. The standard InChI is InChI=1S/C36H41ClF6N10O8/c1-33(2,3)59-18-22(47-31(57)61-34(4,5)6)30(56)46-15-13-25(54)60-23(36(41,42)43)16-51-27(19-9-11-20(37)12-10-19)50-52(32(51)58)17-24-48-29(26(44)55)53(49-24)28-21(35(38,39)40)8-7-14-45-28/h7-12,14,22-23H,13,15-18H2,1-6H3,(H2,44,55)(H,46,56)(H,47,57)/t22-,23-/m0/s1. The maximum atomic E-state index is 14.5. The lowest BCUT2D eigenvalue weighted by Crippen LogP contribution is -2.51. The van der Waals surface area contributed by atoms with Gasteiger partial charge in [-0.3, -0.25) is 19.0 Å². The zero-order valence-corrected chi connectivity index (χ0v) is 34.1. The van der Waals surface area contributed by atoms with Crippen molar-refractivity contribution in [1.29, 1.82) is 0 Å². The highest BCUT2D eigenvalue weighted by Crippen LogP contribution is 2.33. The molecule has 4 aromatic rings. The van der Waals surface area contributed by atoms with Crippen molar-refractivity contribution < 1.29 is 59.7 Å². The second-order valence-electron chi connectivity index (χ2n) is 15.1. The van der Waals surface area contributed by atoms with Gasteiger partial charge in [0, 0.05) is 23.3 Å². The second-order valence-corrected chi connectivity index (χ2v) is 15.5. The SMILES string of the molecule is CC(C)(C)OC[C@H](NC(=O)OC(C)(C)C)C(=O)NCCC(=O)O[C@@H](Cn1c(-c2ccc(Cl)cc2)nn(Cc2nc(C(N)=O)n(-c3ncccc3C(F)(F)F)n2)c1=O)C(F)(F)F. The van der Waals surface area contributed by atoms with Crippen molar-refractivity contribution >= 4 is 35.5 Å². The third-order valence-electron chi connectivity index (χ3n) is 7.79. The number of alkyl carbamates (subject to hydrolysis) is 1. The number of nitrogens with one attached hydrogen (secondary N) is 2. The molecule has 0 spiro atoms. The Bertz CT molecular complexity index is 2280. The van der Waals surface area contributed by atoms with Crippen molar-refractivity contribution in [3.05, 3.63) is 75.3 Å². The molecule has 3 aromatic heterocycles. The van der Waals surface area contributed by atoms with Gasteiger partial charge in [-0.15, -0.1) is 10.2 Å². The third kappa shape index (κ3) is 13.5. The Morgan fingerprint density at radius 3 is 2.16 bits per heavy atom. The number of carbonyl (C=O) groups excluding carboxylic acids is 4. The van der Waals surface area contributed by atoms with Crippen molar-refractivity contribution in [2.45, 2.75) is 96.8 Å². The molecule has 0 unspecified atom stereocenters. The third-order valence-corrected chi connectivity index (χ3v) is 8.04. The Hall–Kier alpha value is -6.04. The predicted molar refractivity (Wildman–Crippen MR) is 201 cm³/mol. The van der Waals surface area contributed by atoms with Crippen LogP contribution >= 0.6 is 11.6 Å². The number of amides is 3. The number of ether oxygens (including phenoxy) is 3. The highest BCUT2D eigenvalue weighted by atomic mass is 35.5. The van der Waals surface area contributed by atoms with E-state index in [-0.39, 0.29) is 17.2 Å². The molecule has 0 radical (unpaired) electrons. The number of benzene rings is 1. The molecule has 2 atom stereocenters. The Labute approximate surface area is 347 Å². The van der Waals surface area contributed by atoms with Crippen LogP contribution < -0.4 is 22.1 Å². The van der Waals surface area contributed by atoms with Gasteiger partial charge < -0.3 is 30.6 Å². The fraction of sp³-hybridized carbons (Fsp3) is 0.472. The molecule has 25 heteroatoms. The van der Waals surface area contributed by atoms with Gasteiger partial charge in [0.2, 0.25) is 17.8 Å². The summed E-state index contributed by atoms with van der Waals surface area (Å²) in [6, 6.07) is 5.63. The van der Waals surface area contributed by atoms with Crippen molar-refractivity contribution in [2.24, 2.45) is 5.73 Å². The number of carbonyl (C=O) groups is 4. The summed E-state index contributed by atoms with van der Waals surface area (Å²) >= 11 is 5.98. The number of alkyl halides is 6. The molecule has 0 aliphatic rings. The number of halogens is 7. The van der Waals surface area contributed by atoms with Crippen LogP contribution in [0.1, 0.15) is 70.0 Å². The predicted octanol–water partition coefficient (Wildman–Crippen LogP) is 4.20. The van der Waals surface area contributed by atoms with Gasteiger partial charge in [0.1, 0.15) is 23.8 Å². The normalized spacial score (nSPS) is 13.3. The van der Waals surface area contributed by atoms with Crippen LogP contribution in [0.15, 0.2) is 47.4 Å². The van der Waals surface area contributed by atoms with Gasteiger partial charge in [0.15, 0.2) is 17.5 Å². The Morgan fingerprint density at radius 2 is 1.59 bits per heavy atom. The average molecular weight is 891 g/mol. The summed E-state index contributed by atoms with van der Waals surface area (Å²) in [6.07, 6.45) is -14.0. The number of hydrogen-bond acceptors (Lipinski definition) is 12. The number of aromatic nitrogens is 7. The summed E-state index contributed by atoms with van der Waals surface area (Å²) in [4.78, 5) is 71.6. The highest BCUT2D eigenvalue weighted by Gasteiger charge is 2.44. The lowest BCUT2D eigenvalue weighted by Gasteiger charge is -2.26. The summed E-state index contributed by atoms with van der Waals surface area (Å²) in [5.74, 6) is -6.26. The van der Waals surface area contributed by atoms with E-state index in [1.54, 1.807) is 41.5 Å². The fourth-order valence-electron chi connectivity index (χ4n) is 5.14. The van der Waals surface area contributed by atoms with E-state index < -0.39 is 120 Å². The molecule has 0 saturated carbocycles. The van der Waals surface area contributed by atoms with E-state index in [0.717, 1.165) is 12.3 Å². The molecule has 0 fully saturated rings. The molecule has 4 N–H and O–H groups in total. The molecule has 61 heavy (non-hydrogen) atoms. The van der Waals surface area contributed by atoms with Crippen LogP contribution in [0.5, 0.6) is 0 Å². The van der Waals surface area contributed by atoms with E-state index in [1.807, 2.05) is 0 Å². The minimum absolute atomic E-state index is 0.0554. The second kappa shape index (κ2) is 18.7. The molecular weight excluding hydrogens is 850 g/mol. The molecule has 4 rings (SSSR count). The first-order chi connectivity index (χ1) is 28.1. The van der Waals surface area contributed by atoms with Crippen LogP contribution in [0.3, 0.4) is 0 Å². The van der Waals surface area contributed by atoms with Gasteiger partial charge in [-0.05, 0) is 77.9 Å². The zero-order valence-electron chi connectivity index (χ0n) is 33.4. The van der Waals surface area contributed by atoms with Gasteiger partial charge in [0.25, 0.3) is 5.91 Å². The number of rotatable bonds is 15. The first-order valence-electron chi connectivity index (χ1n) is 18.0. The van der Waals surface area contributed by atoms with E-state index in [9.17, 15) is 50.3 Å². The molecule has 0 bridgehead atoms. The highest BCUT2D eigenvalue weighted by molar-refractivity contribution is 6.30. The van der Waals surface area contributed by atoms with Gasteiger partial charge in [-0.1, -0.05) is 11.6 Å². The maximum Gasteiger partial charge on any atom is 0.427 e. The number of esters is 1. The molecule has 1 aromatic carbocycles. The van der Waals surface area contributed by atoms with Crippen LogP contribution in [0.2, 0.25) is 5.02 Å². The van der Waals surface area contributed by atoms with Crippen LogP contribution in [0, 0.1) is 0 Å². The molecular formula is C36H41ClF6N10O8. The van der Waals surface area contributed by atoms with Crippen molar-refractivity contribution in [1.82, 2.24) is 44.7 Å². The molecule has 0 aliphatic carbocycles. The van der Waals surface area contributed by atoms with E-state index in [1.165, 1.54) is 24.3 Å². The molecule has 3 heterocycles. The molecule has 0 aliphatic heterocycles. The molecule has 18 nitrogen and oxygen atoms in total. The summed E-state index contributed by atoms with van der Waals surface area (Å²) in [7, 11) is 0. The average Bonchev–Trinajstić information content (AvgIpc) is 3.69. The zero-order chi connectivity index (χ0) is 45.7. The van der Waals surface area contributed by atoms with Crippen molar-refractivity contribution in [3.63, 3.8) is 0 Å². The van der Waals surface area contributed by atoms with Crippen LogP contribution in [0.4, 0.5) is 31.1 Å².